The average molecular weight is 493 g/mol. The summed E-state index contributed by atoms with van der Waals surface area (Å²) in [7, 11) is 1.39. The molecule has 0 unspecified atom stereocenters. The van der Waals surface area contributed by atoms with E-state index in [-0.39, 0.29) is 22.0 Å². The lowest BCUT2D eigenvalue weighted by Gasteiger charge is -2.11. The van der Waals surface area contributed by atoms with E-state index in [4.69, 9.17) is 26.8 Å². The highest BCUT2D eigenvalue weighted by atomic mass is 79.9. The average Bonchev–Trinajstić information content (AvgIpc) is 2.57. The van der Waals surface area contributed by atoms with Gasteiger partial charge in [0.15, 0.2) is 6.61 Å². The van der Waals surface area contributed by atoms with Crippen molar-refractivity contribution in [3.63, 3.8) is 0 Å². The van der Waals surface area contributed by atoms with Gasteiger partial charge in [0.25, 0.3) is 5.91 Å². The number of anilines is 2. The maximum absolute atomic E-state index is 12.2. The van der Waals surface area contributed by atoms with Crippen molar-refractivity contribution in [3.8, 4) is 5.75 Å². The van der Waals surface area contributed by atoms with Gasteiger partial charge in [0.2, 0.25) is 0 Å². The first-order chi connectivity index (χ1) is 11.8. The lowest BCUT2D eigenvalue weighted by atomic mass is 10.2. The molecule has 0 atom stereocenters. The number of carbonyl (C=O) groups is 2. The number of benzene rings is 2. The molecule has 0 aromatic heterocycles. The molecule has 3 N–H and O–H groups in total. The van der Waals surface area contributed by atoms with E-state index in [1.165, 1.54) is 19.2 Å². The van der Waals surface area contributed by atoms with Crippen molar-refractivity contribution >= 4 is 66.7 Å². The topological polar surface area (TPSA) is 90.7 Å². The van der Waals surface area contributed by atoms with E-state index in [0.29, 0.717) is 10.2 Å². The SMILES string of the molecule is COc1cc(N)c(Cl)cc1C(=O)OCC(=O)Nc1ccc(Br)cc1Br. The lowest BCUT2D eigenvalue weighted by Crippen LogP contribution is -2.21. The summed E-state index contributed by atoms with van der Waals surface area (Å²) in [5.74, 6) is -1.02. The maximum atomic E-state index is 12.2. The van der Waals surface area contributed by atoms with Gasteiger partial charge in [0.05, 0.1) is 23.5 Å². The van der Waals surface area contributed by atoms with E-state index in [2.05, 4.69) is 37.2 Å². The Balaban J connectivity index is 2.02. The molecule has 2 aromatic rings. The zero-order valence-corrected chi connectivity index (χ0v) is 16.9. The van der Waals surface area contributed by atoms with Crippen LogP contribution in [-0.2, 0) is 9.53 Å². The molecule has 0 radical (unpaired) electrons. The molecule has 2 rings (SSSR count). The molecule has 0 aliphatic heterocycles. The summed E-state index contributed by atoms with van der Waals surface area (Å²) in [4.78, 5) is 24.1. The highest BCUT2D eigenvalue weighted by Crippen LogP contribution is 2.29. The van der Waals surface area contributed by atoms with E-state index in [1.807, 2.05) is 0 Å². The molecule has 1 amide bonds. The van der Waals surface area contributed by atoms with Crippen LogP contribution in [0.2, 0.25) is 5.02 Å². The zero-order valence-electron chi connectivity index (χ0n) is 12.9. The van der Waals surface area contributed by atoms with Crippen LogP contribution in [0.1, 0.15) is 10.4 Å². The normalized spacial score (nSPS) is 10.2. The summed E-state index contributed by atoms with van der Waals surface area (Å²) in [5.41, 5.74) is 6.57. The van der Waals surface area contributed by atoms with E-state index >= 15 is 0 Å². The Kier molecular flexibility index (Phi) is 6.69. The third-order valence-corrected chi connectivity index (χ3v) is 4.55. The molecule has 9 heteroatoms. The molecule has 25 heavy (non-hydrogen) atoms. The molecule has 2 aromatic carbocycles. The number of hydrogen-bond donors (Lipinski definition) is 2. The van der Waals surface area contributed by atoms with Gasteiger partial charge in [-0.1, -0.05) is 27.5 Å². The van der Waals surface area contributed by atoms with Gasteiger partial charge in [-0.2, -0.15) is 0 Å². The minimum atomic E-state index is -0.747. The number of nitrogens with one attached hydrogen (secondary N) is 1. The summed E-state index contributed by atoms with van der Waals surface area (Å²) in [6.45, 7) is -0.466. The van der Waals surface area contributed by atoms with Crippen LogP contribution < -0.4 is 15.8 Å². The smallest absolute Gasteiger partial charge is 0.342 e. The Morgan fingerprint density at radius 2 is 1.96 bits per heavy atom. The van der Waals surface area contributed by atoms with Crippen molar-refractivity contribution < 1.29 is 19.1 Å². The van der Waals surface area contributed by atoms with Gasteiger partial charge in [0, 0.05) is 15.0 Å². The number of carbonyl (C=O) groups excluding carboxylic acids is 2. The Labute approximate surface area is 165 Å². The first-order valence-corrected chi connectivity index (χ1v) is 8.83. The molecule has 0 saturated heterocycles. The molecule has 0 heterocycles. The molecule has 0 spiro atoms. The first-order valence-electron chi connectivity index (χ1n) is 6.87. The highest BCUT2D eigenvalue weighted by molar-refractivity contribution is 9.11. The molecular formula is C16H13Br2ClN2O4. The molecule has 6 nitrogen and oxygen atoms in total. The molecule has 0 aliphatic rings. The highest BCUT2D eigenvalue weighted by Gasteiger charge is 2.18. The van der Waals surface area contributed by atoms with Crippen LogP contribution >= 0.6 is 43.5 Å². The third kappa shape index (κ3) is 5.10. The van der Waals surface area contributed by atoms with Crippen molar-refractivity contribution in [2.45, 2.75) is 0 Å². The van der Waals surface area contributed by atoms with Crippen LogP contribution in [0.3, 0.4) is 0 Å². The second-order valence-corrected chi connectivity index (χ2v) is 7.00. The van der Waals surface area contributed by atoms with Crippen LogP contribution in [0.4, 0.5) is 11.4 Å². The van der Waals surface area contributed by atoms with Crippen LogP contribution in [0.5, 0.6) is 5.75 Å². The van der Waals surface area contributed by atoms with E-state index in [0.717, 1.165) is 4.47 Å². The number of halogens is 3. The van der Waals surface area contributed by atoms with Crippen molar-refractivity contribution in [2.24, 2.45) is 0 Å². The molecule has 0 saturated carbocycles. The molecule has 132 valence electrons. The Bertz CT molecular complexity index is 830. The molecule has 0 aliphatic carbocycles. The van der Waals surface area contributed by atoms with Crippen molar-refractivity contribution in [1.82, 2.24) is 0 Å². The number of nitrogens with two attached hydrogens (primary N) is 1. The Hall–Kier alpha value is -1.77. The second-order valence-electron chi connectivity index (χ2n) is 4.82. The number of ether oxygens (including phenoxy) is 2. The van der Waals surface area contributed by atoms with E-state index in [9.17, 15) is 9.59 Å². The number of amides is 1. The van der Waals surface area contributed by atoms with Crippen LogP contribution in [-0.4, -0.2) is 25.6 Å². The summed E-state index contributed by atoms with van der Waals surface area (Å²) in [6.07, 6.45) is 0. The summed E-state index contributed by atoms with van der Waals surface area (Å²) in [5, 5.41) is 2.82. The van der Waals surface area contributed by atoms with Crippen molar-refractivity contribution in [3.05, 3.63) is 49.9 Å². The maximum Gasteiger partial charge on any atom is 0.342 e. The third-order valence-electron chi connectivity index (χ3n) is 3.08. The fourth-order valence-electron chi connectivity index (χ4n) is 1.88. The van der Waals surface area contributed by atoms with Crippen LogP contribution in [0.25, 0.3) is 0 Å². The fraction of sp³-hybridized carbons (Fsp3) is 0.125. The summed E-state index contributed by atoms with van der Waals surface area (Å²) < 4.78 is 11.6. The summed E-state index contributed by atoms with van der Waals surface area (Å²) >= 11 is 12.6. The van der Waals surface area contributed by atoms with Gasteiger partial charge in [-0.25, -0.2) is 4.79 Å². The van der Waals surface area contributed by atoms with Crippen molar-refractivity contribution in [1.29, 1.82) is 0 Å². The molecular weight excluding hydrogens is 479 g/mol. The monoisotopic (exact) mass is 490 g/mol. The lowest BCUT2D eigenvalue weighted by molar-refractivity contribution is -0.119. The van der Waals surface area contributed by atoms with E-state index in [1.54, 1.807) is 18.2 Å². The van der Waals surface area contributed by atoms with Gasteiger partial charge in [-0.3, -0.25) is 4.79 Å². The standard InChI is InChI=1S/C16H13Br2ClN2O4/c1-24-14-6-12(20)11(19)5-9(14)16(23)25-7-15(22)21-13-3-2-8(17)4-10(13)18/h2-6H,7,20H2,1H3,(H,21,22). The Morgan fingerprint density at radius 1 is 1.24 bits per heavy atom. The first kappa shape index (κ1) is 19.6. The largest absolute Gasteiger partial charge is 0.496 e. The minimum Gasteiger partial charge on any atom is -0.496 e. The van der Waals surface area contributed by atoms with Gasteiger partial charge >= 0.3 is 5.97 Å². The Morgan fingerprint density at radius 3 is 2.60 bits per heavy atom. The summed E-state index contributed by atoms with van der Waals surface area (Å²) in [6, 6.07) is 8.01. The predicted molar refractivity (Wildman–Crippen MR) is 103 cm³/mol. The van der Waals surface area contributed by atoms with Gasteiger partial charge in [0.1, 0.15) is 11.3 Å². The van der Waals surface area contributed by atoms with Crippen LogP contribution in [0, 0.1) is 0 Å². The number of esters is 1. The quantitative estimate of drug-likeness (QED) is 0.481. The number of rotatable bonds is 5. The van der Waals surface area contributed by atoms with E-state index < -0.39 is 18.5 Å². The number of nitrogen functional groups attached to an aromatic ring is 1. The number of methoxy groups -OCH3 is 1. The number of hydrogen-bond acceptors (Lipinski definition) is 5. The minimum absolute atomic E-state index is 0.0827. The fourth-order valence-corrected chi connectivity index (χ4v) is 3.19. The second kappa shape index (κ2) is 8.55. The predicted octanol–water partition coefficient (Wildman–Crippen LogP) is 4.25. The molecule has 0 fully saturated rings. The van der Waals surface area contributed by atoms with Crippen LogP contribution in [0.15, 0.2) is 39.3 Å². The van der Waals surface area contributed by atoms with Gasteiger partial charge in [-0.05, 0) is 40.2 Å². The molecule has 0 bridgehead atoms. The van der Waals surface area contributed by atoms with Crippen molar-refractivity contribution in [2.75, 3.05) is 24.8 Å². The zero-order chi connectivity index (χ0) is 18.6. The van der Waals surface area contributed by atoms with Gasteiger partial charge in [-0.15, -0.1) is 0 Å². The van der Waals surface area contributed by atoms with Gasteiger partial charge < -0.3 is 20.5 Å².